The van der Waals surface area contributed by atoms with Crippen LogP contribution in [0, 0.1) is 0 Å². The van der Waals surface area contributed by atoms with Crippen LogP contribution < -0.4 is 10.2 Å². The molecule has 3 saturated heterocycles. The van der Waals surface area contributed by atoms with Gasteiger partial charge in [-0.1, -0.05) is 43.2 Å². The molecule has 1 amide bonds. The molecule has 3 heterocycles. The third-order valence-electron chi connectivity index (χ3n) is 8.06. The number of hydrogen-bond donors (Lipinski definition) is 1. The van der Waals surface area contributed by atoms with Crippen molar-refractivity contribution in [3.8, 4) is 5.75 Å². The topological polar surface area (TPSA) is 48.0 Å². The number of methoxy groups -OCH3 is 1. The van der Waals surface area contributed by atoms with E-state index in [1.54, 1.807) is 7.11 Å². The Morgan fingerprint density at radius 1 is 1.03 bits per heavy atom. The summed E-state index contributed by atoms with van der Waals surface area (Å²) in [5.74, 6) is 0.864. The molecule has 0 radical (unpaired) electrons. The molecule has 0 saturated carbocycles. The molecular weight excluding hydrogens is 448 g/mol. The SMILES string of the molecule is C=CCN1CC2CCC(C1)N2C(c1ccc(C(=O)NN2CCCCCC2)cc1)c1cccc(OC)c1. The molecule has 0 aromatic heterocycles. The number of nitrogens with one attached hydrogen (secondary N) is 1. The fourth-order valence-electron chi connectivity index (χ4n) is 6.33. The number of amides is 1. The first-order chi connectivity index (χ1) is 17.7. The lowest BCUT2D eigenvalue weighted by atomic mass is 9.93. The predicted octanol–water partition coefficient (Wildman–Crippen LogP) is 4.64. The van der Waals surface area contributed by atoms with Crippen LogP contribution in [0.2, 0.25) is 0 Å². The van der Waals surface area contributed by atoms with Crippen molar-refractivity contribution < 1.29 is 9.53 Å². The number of hydrogen-bond acceptors (Lipinski definition) is 5. The number of piperazine rings is 1. The average molecular weight is 489 g/mol. The molecule has 36 heavy (non-hydrogen) atoms. The summed E-state index contributed by atoms with van der Waals surface area (Å²) in [6.07, 6.45) is 9.23. The molecule has 3 aliphatic heterocycles. The normalized spacial score (nSPS) is 24.1. The largest absolute Gasteiger partial charge is 0.497 e. The van der Waals surface area contributed by atoms with Gasteiger partial charge in [-0.15, -0.1) is 6.58 Å². The minimum atomic E-state index is -0.0144. The molecule has 5 rings (SSSR count). The molecule has 2 bridgehead atoms. The van der Waals surface area contributed by atoms with Crippen molar-refractivity contribution in [2.45, 2.75) is 56.7 Å². The zero-order valence-corrected chi connectivity index (χ0v) is 21.6. The van der Waals surface area contributed by atoms with Crippen molar-refractivity contribution in [1.82, 2.24) is 20.2 Å². The van der Waals surface area contributed by atoms with Crippen LogP contribution in [0.15, 0.2) is 61.2 Å². The third kappa shape index (κ3) is 5.51. The van der Waals surface area contributed by atoms with Gasteiger partial charge < -0.3 is 4.74 Å². The number of fused-ring (bicyclic) bond motifs is 2. The quantitative estimate of drug-likeness (QED) is 0.549. The van der Waals surface area contributed by atoms with E-state index in [0.717, 1.165) is 51.3 Å². The molecule has 0 spiro atoms. The maximum Gasteiger partial charge on any atom is 0.265 e. The predicted molar refractivity (Wildman–Crippen MR) is 144 cm³/mol. The van der Waals surface area contributed by atoms with E-state index < -0.39 is 0 Å². The van der Waals surface area contributed by atoms with Crippen molar-refractivity contribution in [3.05, 3.63) is 77.9 Å². The van der Waals surface area contributed by atoms with E-state index in [-0.39, 0.29) is 11.9 Å². The molecule has 6 nitrogen and oxygen atoms in total. The van der Waals surface area contributed by atoms with E-state index in [2.05, 4.69) is 57.1 Å². The second-order valence-electron chi connectivity index (χ2n) is 10.5. The molecular formula is C30H40N4O2. The highest BCUT2D eigenvalue weighted by Gasteiger charge is 2.44. The van der Waals surface area contributed by atoms with Gasteiger partial charge in [0.25, 0.3) is 5.91 Å². The maximum absolute atomic E-state index is 13.0. The summed E-state index contributed by atoms with van der Waals surface area (Å²) in [7, 11) is 1.73. The summed E-state index contributed by atoms with van der Waals surface area (Å²) < 4.78 is 5.58. The molecule has 192 valence electrons. The number of carbonyl (C=O) groups is 1. The van der Waals surface area contributed by atoms with Crippen molar-refractivity contribution in [2.24, 2.45) is 0 Å². The van der Waals surface area contributed by atoms with E-state index in [0.29, 0.717) is 17.6 Å². The number of hydrazine groups is 1. The lowest BCUT2D eigenvalue weighted by Gasteiger charge is -2.45. The van der Waals surface area contributed by atoms with Crippen LogP contribution >= 0.6 is 0 Å². The summed E-state index contributed by atoms with van der Waals surface area (Å²) in [6.45, 7) is 8.91. The van der Waals surface area contributed by atoms with Gasteiger partial charge in [0.2, 0.25) is 0 Å². The van der Waals surface area contributed by atoms with Gasteiger partial charge in [-0.3, -0.25) is 20.0 Å². The van der Waals surface area contributed by atoms with Gasteiger partial charge in [-0.05, 0) is 61.1 Å². The van der Waals surface area contributed by atoms with Crippen LogP contribution in [0.3, 0.4) is 0 Å². The van der Waals surface area contributed by atoms with E-state index in [1.807, 2.05) is 24.3 Å². The van der Waals surface area contributed by atoms with Crippen molar-refractivity contribution in [3.63, 3.8) is 0 Å². The van der Waals surface area contributed by atoms with Crippen LogP contribution in [-0.2, 0) is 0 Å². The Morgan fingerprint density at radius 3 is 2.36 bits per heavy atom. The minimum Gasteiger partial charge on any atom is -0.497 e. The van der Waals surface area contributed by atoms with Crippen molar-refractivity contribution >= 4 is 5.91 Å². The van der Waals surface area contributed by atoms with Crippen LogP contribution in [0.25, 0.3) is 0 Å². The smallest absolute Gasteiger partial charge is 0.265 e. The van der Waals surface area contributed by atoms with Gasteiger partial charge in [0.05, 0.1) is 13.2 Å². The fraction of sp³-hybridized carbons (Fsp3) is 0.500. The first kappa shape index (κ1) is 25.0. The molecule has 3 atom stereocenters. The third-order valence-corrected chi connectivity index (χ3v) is 8.06. The van der Waals surface area contributed by atoms with Gasteiger partial charge in [-0.25, -0.2) is 5.01 Å². The highest BCUT2D eigenvalue weighted by Crippen LogP contribution is 2.41. The average Bonchev–Trinajstić information content (AvgIpc) is 3.07. The van der Waals surface area contributed by atoms with Gasteiger partial charge in [0.15, 0.2) is 0 Å². The molecule has 2 aromatic rings. The van der Waals surface area contributed by atoms with E-state index >= 15 is 0 Å². The Balaban J connectivity index is 1.40. The second-order valence-corrected chi connectivity index (χ2v) is 10.5. The zero-order valence-electron chi connectivity index (χ0n) is 21.6. The van der Waals surface area contributed by atoms with Crippen molar-refractivity contribution in [2.75, 3.05) is 39.8 Å². The standard InChI is InChI=1S/C30H40N4O2/c1-3-17-32-21-26-15-16-27(22-32)34(26)29(25-9-8-10-28(20-25)36-2)23-11-13-24(14-12-23)30(35)31-33-18-6-4-5-7-19-33/h3,8-14,20,26-27,29H,1,4-7,15-19,21-22H2,2H3,(H,31,35). The summed E-state index contributed by atoms with van der Waals surface area (Å²) in [6, 6.07) is 17.9. The highest BCUT2D eigenvalue weighted by molar-refractivity contribution is 5.93. The number of nitrogens with zero attached hydrogens (tertiary/aromatic N) is 3. The van der Waals surface area contributed by atoms with Crippen LogP contribution in [-0.4, -0.2) is 72.6 Å². The maximum atomic E-state index is 13.0. The summed E-state index contributed by atoms with van der Waals surface area (Å²) in [5, 5.41) is 2.09. The molecule has 1 N–H and O–H groups in total. The monoisotopic (exact) mass is 488 g/mol. The van der Waals surface area contributed by atoms with E-state index in [1.165, 1.54) is 36.8 Å². The van der Waals surface area contributed by atoms with Gasteiger partial charge >= 0.3 is 0 Å². The van der Waals surface area contributed by atoms with Gasteiger partial charge in [-0.2, -0.15) is 0 Å². The fourth-order valence-corrected chi connectivity index (χ4v) is 6.33. The number of ether oxygens (including phenoxy) is 1. The summed E-state index contributed by atoms with van der Waals surface area (Å²) >= 11 is 0. The Morgan fingerprint density at radius 2 is 1.72 bits per heavy atom. The Kier molecular flexibility index (Phi) is 8.05. The van der Waals surface area contributed by atoms with Crippen LogP contribution in [0.1, 0.15) is 66.1 Å². The number of rotatable bonds is 8. The second kappa shape index (κ2) is 11.6. The molecule has 2 aromatic carbocycles. The molecule has 3 aliphatic rings. The van der Waals surface area contributed by atoms with Gasteiger partial charge in [0.1, 0.15) is 5.75 Å². The Labute approximate surface area is 215 Å². The highest BCUT2D eigenvalue weighted by atomic mass is 16.5. The Hall–Kier alpha value is -2.67. The van der Waals surface area contributed by atoms with Crippen LogP contribution in [0.5, 0.6) is 5.75 Å². The Bertz CT molecular complexity index is 1020. The lowest BCUT2D eigenvalue weighted by Crippen LogP contribution is -2.54. The minimum absolute atomic E-state index is 0.0144. The molecule has 0 aliphatic carbocycles. The number of carbonyl (C=O) groups excluding carboxylic acids is 1. The summed E-state index contributed by atoms with van der Waals surface area (Å²) in [4.78, 5) is 18.2. The molecule has 3 fully saturated rings. The van der Waals surface area contributed by atoms with E-state index in [9.17, 15) is 4.79 Å². The van der Waals surface area contributed by atoms with E-state index in [4.69, 9.17) is 4.74 Å². The molecule has 3 unspecified atom stereocenters. The zero-order chi connectivity index (χ0) is 24.9. The first-order valence-electron chi connectivity index (χ1n) is 13.6. The van der Waals surface area contributed by atoms with Gasteiger partial charge in [0, 0.05) is 50.4 Å². The molecule has 6 heteroatoms. The first-order valence-corrected chi connectivity index (χ1v) is 13.6. The number of likely N-dealkylation sites (tertiary alicyclic amines) is 1. The van der Waals surface area contributed by atoms with Crippen LogP contribution in [0.4, 0.5) is 0 Å². The lowest BCUT2D eigenvalue weighted by molar-refractivity contribution is 0.0499. The van der Waals surface area contributed by atoms with Crippen molar-refractivity contribution in [1.29, 1.82) is 0 Å². The summed E-state index contributed by atoms with van der Waals surface area (Å²) in [5.41, 5.74) is 6.31. The number of benzene rings is 2.